The molecule has 0 radical (unpaired) electrons. The van der Waals surface area contributed by atoms with E-state index < -0.39 is 0 Å². The van der Waals surface area contributed by atoms with Crippen molar-refractivity contribution < 1.29 is 9.53 Å². The minimum absolute atomic E-state index is 0.0572. The zero-order valence-electron chi connectivity index (χ0n) is 7.46. The van der Waals surface area contributed by atoms with Crippen molar-refractivity contribution in [2.24, 2.45) is 5.92 Å². The van der Waals surface area contributed by atoms with E-state index in [-0.39, 0.29) is 11.8 Å². The third kappa shape index (κ3) is 1.97. The fourth-order valence-electron chi connectivity index (χ4n) is 2.25. The molecule has 2 rings (SSSR count). The Morgan fingerprint density at radius 3 is 2.92 bits per heavy atom. The van der Waals surface area contributed by atoms with Crippen molar-refractivity contribution in [3.63, 3.8) is 0 Å². The van der Waals surface area contributed by atoms with Crippen molar-refractivity contribution in [2.45, 2.75) is 31.5 Å². The molecule has 0 aliphatic carbocycles. The average molecular weight is 204 g/mol. The van der Waals surface area contributed by atoms with Crippen LogP contribution >= 0.6 is 11.6 Å². The van der Waals surface area contributed by atoms with E-state index in [1.807, 2.05) is 0 Å². The molecule has 2 bridgehead atoms. The highest BCUT2D eigenvalue weighted by molar-refractivity contribution is 6.27. The molecule has 2 aliphatic heterocycles. The fourth-order valence-corrected chi connectivity index (χ4v) is 2.34. The number of nitrogens with one attached hydrogen (secondary N) is 1. The second kappa shape index (κ2) is 3.84. The highest BCUT2D eigenvalue weighted by atomic mass is 35.5. The van der Waals surface area contributed by atoms with Gasteiger partial charge in [-0.05, 0) is 19.3 Å². The summed E-state index contributed by atoms with van der Waals surface area (Å²) in [5, 5.41) is 2.81. The minimum Gasteiger partial charge on any atom is -0.375 e. The van der Waals surface area contributed by atoms with Crippen molar-refractivity contribution in [1.29, 1.82) is 0 Å². The lowest BCUT2D eigenvalue weighted by Crippen LogP contribution is -2.34. The molecule has 2 saturated heterocycles. The summed E-state index contributed by atoms with van der Waals surface area (Å²) in [7, 11) is 0. The van der Waals surface area contributed by atoms with Crippen LogP contribution in [-0.2, 0) is 9.53 Å². The van der Waals surface area contributed by atoms with Crippen LogP contribution < -0.4 is 5.32 Å². The number of amides is 1. The van der Waals surface area contributed by atoms with Crippen LogP contribution in [0.1, 0.15) is 19.3 Å². The molecule has 0 aromatic carbocycles. The van der Waals surface area contributed by atoms with Gasteiger partial charge in [0.25, 0.3) is 0 Å². The van der Waals surface area contributed by atoms with Crippen molar-refractivity contribution in [3.8, 4) is 0 Å². The highest BCUT2D eigenvalue weighted by Crippen LogP contribution is 2.38. The van der Waals surface area contributed by atoms with Crippen LogP contribution in [0.25, 0.3) is 0 Å². The van der Waals surface area contributed by atoms with E-state index in [1.165, 1.54) is 6.42 Å². The number of alkyl halides is 1. The monoisotopic (exact) mass is 203 g/mol. The second-order valence-electron chi connectivity index (χ2n) is 3.81. The molecule has 1 amide bonds. The molecule has 3 nitrogen and oxygen atoms in total. The van der Waals surface area contributed by atoms with E-state index in [0.29, 0.717) is 18.1 Å². The molecule has 13 heavy (non-hydrogen) atoms. The van der Waals surface area contributed by atoms with Gasteiger partial charge in [-0.2, -0.15) is 0 Å². The summed E-state index contributed by atoms with van der Waals surface area (Å²) >= 11 is 5.37. The SMILES string of the molecule is O=C(CCl)NCC1CC2CCC1O2. The summed E-state index contributed by atoms with van der Waals surface area (Å²) < 4.78 is 5.67. The minimum atomic E-state index is -0.0792. The third-order valence-corrected chi connectivity index (χ3v) is 3.16. The highest BCUT2D eigenvalue weighted by Gasteiger charge is 2.40. The molecule has 2 fully saturated rings. The van der Waals surface area contributed by atoms with E-state index in [0.717, 1.165) is 19.4 Å². The predicted molar refractivity (Wildman–Crippen MR) is 49.7 cm³/mol. The van der Waals surface area contributed by atoms with Crippen molar-refractivity contribution in [2.75, 3.05) is 12.4 Å². The van der Waals surface area contributed by atoms with Gasteiger partial charge in [-0.15, -0.1) is 11.6 Å². The van der Waals surface area contributed by atoms with Gasteiger partial charge in [0.1, 0.15) is 5.88 Å². The summed E-state index contributed by atoms with van der Waals surface area (Å²) in [5.74, 6) is 0.497. The molecular formula is C9H14ClNO2. The molecule has 0 aromatic rings. The summed E-state index contributed by atoms with van der Waals surface area (Å²) in [5.41, 5.74) is 0. The number of halogens is 1. The first kappa shape index (κ1) is 9.28. The van der Waals surface area contributed by atoms with Crippen molar-refractivity contribution in [3.05, 3.63) is 0 Å². The van der Waals surface area contributed by atoms with E-state index in [1.54, 1.807) is 0 Å². The second-order valence-corrected chi connectivity index (χ2v) is 4.07. The molecule has 3 atom stereocenters. The van der Waals surface area contributed by atoms with Gasteiger partial charge in [0.05, 0.1) is 12.2 Å². The Hall–Kier alpha value is -0.280. The van der Waals surface area contributed by atoms with Crippen molar-refractivity contribution in [1.82, 2.24) is 5.32 Å². The maximum absolute atomic E-state index is 10.9. The predicted octanol–water partition coefficient (Wildman–Crippen LogP) is 0.909. The topological polar surface area (TPSA) is 38.3 Å². The van der Waals surface area contributed by atoms with E-state index >= 15 is 0 Å². The number of fused-ring (bicyclic) bond motifs is 2. The Balaban J connectivity index is 1.74. The van der Waals surface area contributed by atoms with Gasteiger partial charge in [0.2, 0.25) is 5.91 Å². The zero-order chi connectivity index (χ0) is 9.26. The van der Waals surface area contributed by atoms with Gasteiger partial charge in [0.15, 0.2) is 0 Å². The van der Waals surface area contributed by atoms with Crippen LogP contribution in [0, 0.1) is 5.92 Å². The van der Waals surface area contributed by atoms with Crippen LogP contribution in [0.5, 0.6) is 0 Å². The maximum atomic E-state index is 10.9. The number of ether oxygens (including phenoxy) is 1. The van der Waals surface area contributed by atoms with Crippen LogP contribution in [0.2, 0.25) is 0 Å². The molecule has 2 aliphatic rings. The largest absolute Gasteiger partial charge is 0.375 e. The molecule has 3 unspecified atom stereocenters. The Labute approximate surface area is 82.8 Å². The first-order valence-corrected chi connectivity index (χ1v) is 5.31. The van der Waals surface area contributed by atoms with E-state index in [9.17, 15) is 4.79 Å². The quantitative estimate of drug-likeness (QED) is 0.693. The van der Waals surface area contributed by atoms with E-state index in [4.69, 9.17) is 16.3 Å². The van der Waals surface area contributed by atoms with Gasteiger partial charge >= 0.3 is 0 Å². The Morgan fingerprint density at radius 2 is 2.38 bits per heavy atom. The summed E-state index contributed by atoms with van der Waals surface area (Å²) in [6, 6.07) is 0. The molecular weight excluding hydrogens is 190 g/mol. The first-order chi connectivity index (χ1) is 6.29. The van der Waals surface area contributed by atoms with Gasteiger partial charge in [-0.25, -0.2) is 0 Å². The lowest BCUT2D eigenvalue weighted by molar-refractivity contribution is -0.118. The summed E-state index contributed by atoms with van der Waals surface area (Å²) in [4.78, 5) is 10.9. The van der Waals surface area contributed by atoms with Gasteiger partial charge in [-0.3, -0.25) is 4.79 Å². The molecule has 4 heteroatoms. The lowest BCUT2D eigenvalue weighted by Gasteiger charge is -2.18. The molecule has 0 spiro atoms. The van der Waals surface area contributed by atoms with Crippen molar-refractivity contribution >= 4 is 17.5 Å². The Morgan fingerprint density at radius 1 is 1.54 bits per heavy atom. The smallest absolute Gasteiger partial charge is 0.234 e. The van der Waals surface area contributed by atoms with Gasteiger partial charge in [0, 0.05) is 12.5 Å². The molecule has 1 N–H and O–H groups in total. The van der Waals surface area contributed by atoms with Gasteiger partial charge in [-0.1, -0.05) is 0 Å². The third-order valence-electron chi connectivity index (χ3n) is 2.91. The summed E-state index contributed by atoms with van der Waals surface area (Å²) in [6.07, 6.45) is 4.31. The standard InChI is InChI=1S/C9H14ClNO2/c10-4-9(12)11-5-6-3-7-1-2-8(6)13-7/h6-8H,1-5H2,(H,11,12). The number of hydrogen-bond donors (Lipinski definition) is 1. The molecule has 74 valence electrons. The van der Waals surface area contributed by atoms with Crippen LogP contribution in [0.3, 0.4) is 0 Å². The number of hydrogen-bond acceptors (Lipinski definition) is 2. The first-order valence-electron chi connectivity index (χ1n) is 4.77. The number of carbonyl (C=O) groups excluding carboxylic acids is 1. The van der Waals surface area contributed by atoms with Gasteiger partial charge < -0.3 is 10.1 Å². The average Bonchev–Trinajstić information content (AvgIpc) is 2.74. The van der Waals surface area contributed by atoms with Crippen LogP contribution in [0.15, 0.2) is 0 Å². The Bertz CT molecular complexity index is 210. The zero-order valence-corrected chi connectivity index (χ0v) is 8.22. The molecule has 0 saturated carbocycles. The molecule has 2 heterocycles. The van der Waals surface area contributed by atoms with Crippen LogP contribution in [0.4, 0.5) is 0 Å². The lowest BCUT2D eigenvalue weighted by atomic mass is 9.89. The number of rotatable bonds is 3. The van der Waals surface area contributed by atoms with E-state index in [2.05, 4.69) is 5.32 Å². The fraction of sp³-hybridized carbons (Fsp3) is 0.889. The number of carbonyl (C=O) groups is 1. The maximum Gasteiger partial charge on any atom is 0.234 e. The van der Waals surface area contributed by atoms with Crippen LogP contribution in [-0.4, -0.2) is 30.5 Å². The normalized spacial score (nSPS) is 36.5. The summed E-state index contributed by atoms with van der Waals surface area (Å²) in [6.45, 7) is 0.729. The Kier molecular flexibility index (Phi) is 2.74. The molecule has 0 aromatic heterocycles.